The Morgan fingerprint density at radius 1 is 0.839 bits per heavy atom. The fourth-order valence-electron chi connectivity index (χ4n) is 3.16. The molecule has 0 spiro atoms. The highest BCUT2D eigenvalue weighted by atomic mass is 16.6. The first kappa shape index (κ1) is 22.7. The van der Waals surface area contributed by atoms with Crippen molar-refractivity contribution in [1.29, 1.82) is 0 Å². The smallest absolute Gasteiger partial charge is 0.0996 e. The first-order valence-electron chi connectivity index (χ1n) is 10.3. The molecule has 0 aliphatic carbocycles. The summed E-state index contributed by atoms with van der Waals surface area (Å²) in [4.78, 5) is 5.61. The molecule has 0 heterocycles. The monoisotopic (exact) mass is 418 g/mol. The van der Waals surface area contributed by atoms with Gasteiger partial charge >= 0.3 is 0 Å². The van der Waals surface area contributed by atoms with Crippen LogP contribution in [0.1, 0.15) is 23.1 Å². The number of hydroxylamine groups is 1. The lowest BCUT2D eigenvalue weighted by molar-refractivity contribution is 0.0648. The maximum atomic E-state index is 9.29. The molecule has 0 aliphatic rings. The lowest BCUT2D eigenvalue weighted by Crippen LogP contribution is -2.47. The van der Waals surface area contributed by atoms with Crippen LogP contribution in [0.3, 0.4) is 0 Å². The minimum Gasteiger partial charge on any atom is -0.394 e. The molecule has 0 atom stereocenters. The summed E-state index contributed by atoms with van der Waals surface area (Å²) in [5, 5.41) is 18.6. The number of hydrogen-bond donors (Lipinski definition) is 4. The summed E-state index contributed by atoms with van der Waals surface area (Å²) in [7, 11) is 0. The molecule has 3 aromatic rings. The first-order chi connectivity index (χ1) is 15.0. The normalized spacial score (nSPS) is 11.3. The number of nitrogens with one attached hydrogen (secondary N) is 1. The maximum absolute atomic E-state index is 9.29. The Hall–Kier alpha value is -2.96. The molecule has 0 unspecified atom stereocenters. The van der Waals surface area contributed by atoms with E-state index in [1.54, 1.807) is 0 Å². The van der Waals surface area contributed by atoms with Gasteiger partial charge in [0.05, 0.1) is 31.1 Å². The van der Waals surface area contributed by atoms with Gasteiger partial charge in [0.1, 0.15) is 0 Å². The van der Waals surface area contributed by atoms with Crippen molar-refractivity contribution in [3.8, 4) is 11.1 Å². The Morgan fingerprint density at radius 2 is 1.42 bits per heavy atom. The number of aliphatic hydroxyl groups is 2. The molecule has 0 radical (unpaired) electrons. The Balaban J connectivity index is 1.46. The summed E-state index contributed by atoms with van der Waals surface area (Å²) >= 11 is 0. The summed E-state index contributed by atoms with van der Waals surface area (Å²) in [6, 6.07) is 26.4. The molecule has 5 N–H and O–H groups in total. The molecule has 0 aromatic heterocycles. The van der Waals surface area contributed by atoms with Crippen LogP contribution < -0.4 is 11.2 Å². The molecular formula is C26H30N2O3. The molecule has 0 bridgehead atoms. The second-order valence-corrected chi connectivity index (χ2v) is 7.81. The number of hydrogen-bond acceptors (Lipinski definition) is 5. The van der Waals surface area contributed by atoms with Gasteiger partial charge in [-0.15, -0.1) is 0 Å². The zero-order valence-electron chi connectivity index (χ0n) is 17.6. The van der Waals surface area contributed by atoms with Crippen LogP contribution in [0.4, 0.5) is 0 Å². The molecule has 3 rings (SSSR count). The van der Waals surface area contributed by atoms with Crippen molar-refractivity contribution in [2.75, 3.05) is 13.2 Å². The third-order valence-corrected chi connectivity index (χ3v) is 5.34. The van der Waals surface area contributed by atoms with E-state index in [1.807, 2.05) is 42.5 Å². The van der Waals surface area contributed by atoms with Crippen LogP contribution >= 0.6 is 0 Å². The average Bonchev–Trinajstić information content (AvgIpc) is 2.84. The van der Waals surface area contributed by atoms with Crippen molar-refractivity contribution < 1.29 is 15.1 Å². The van der Waals surface area contributed by atoms with E-state index < -0.39 is 5.54 Å². The van der Waals surface area contributed by atoms with Crippen LogP contribution in [0, 0.1) is 0 Å². The number of aryl methyl sites for hydroxylation is 1. The van der Waals surface area contributed by atoms with Gasteiger partial charge < -0.3 is 15.9 Å². The van der Waals surface area contributed by atoms with Crippen LogP contribution in [0.15, 0.2) is 85.4 Å². The Bertz CT molecular complexity index is 950. The van der Waals surface area contributed by atoms with E-state index in [4.69, 9.17) is 10.6 Å². The fraction of sp³-hybridized carbons (Fsp3) is 0.231. The maximum Gasteiger partial charge on any atom is 0.0996 e. The van der Waals surface area contributed by atoms with Crippen molar-refractivity contribution in [2.45, 2.75) is 25.0 Å². The summed E-state index contributed by atoms with van der Waals surface area (Å²) < 4.78 is 0. The predicted molar refractivity (Wildman–Crippen MR) is 125 cm³/mol. The molecule has 5 nitrogen and oxygen atoms in total. The highest BCUT2D eigenvalue weighted by molar-refractivity contribution is 5.63. The zero-order chi connectivity index (χ0) is 22.1. The van der Waals surface area contributed by atoms with Crippen molar-refractivity contribution in [1.82, 2.24) is 5.48 Å². The van der Waals surface area contributed by atoms with Gasteiger partial charge in [-0.05, 0) is 40.7 Å². The third kappa shape index (κ3) is 6.51. The minimum absolute atomic E-state index is 0.241. The molecule has 0 saturated carbocycles. The van der Waals surface area contributed by atoms with Gasteiger partial charge in [0.25, 0.3) is 0 Å². The number of aliphatic hydroxyl groups excluding tert-OH is 2. The molecule has 0 aliphatic heterocycles. The number of benzene rings is 3. The molecule has 31 heavy (non-hydrogen) atoms. The van der Waals surface area contributed by atoms with E-state index in [9.17, 15) is 10.2 Å². The van der Waals surface area contributed by atoms with Gasteiger partial charge in [0.15, 0.2) is 0 Å². The van der Waals surface area contributed by atoms with E-state index in [0.717, 1.165) is 16.7 Å². The van der Waals surface area contributed by atoms with E-state index in [-0.39, 0.29) is 13.2 Å². The van der Waals surface area contributed by atoms with E-state index in [0.29, 0.717) is 25.1 Å². The van der Waals surface area contributed by atoms with E-state index in [2.05, 4.69) is 48.5 Å². The van der Waals surface area contributed by atoms with Crippen molar-refractivity contribution in [3.05, 3.63) is 102 Å². The second kappa shape index (κ2) is 10.9. The van der Waals surface area contributed by atoms with Gasteiger partial charge in [0.2, 0.25) is 0 Å². The Kier molecular flexibility index (Phi) is 7.98. The van der Waals surface area contributed by atoms with Crippen LogP contribution in [0.25, 0.3) is 16.8 Å². The summed E-state index contributed by atoms with van der Waals surface area (Å²) in [6.45, 7) is 3.97. The molecule has 0 fully saturated rings. The first-order valence-corrected chi connectivity index (χ1v) is 10.3. The lowest BCUT2D eigenvalue weighted by atomic mass is 9.93. The van der Waals surface area contributed by atoms with Crippen molar-refractivity contribution >= 4 is 5.70 Å². The number of rotatable bonds is 11. The van der Waals surface area contributed by atoms with Crippen LogP contribution in [0.2, 0.25) is 0 Å². The van der Waals surface area contributed by atoms with Crippen molar-refractivity contribution in [3.63, 3.8) is 0 Å². The summed E-state index contributed by atoms with van der Waals surface area (Å²) in [5.74, 6) is 0. The highest BCUT2D eigenvalue weighted by Crippen LogP contribution is 2.20. The minimum atomic E-state index is -0.947. The van der Waals surface area contributed by atoms with Crippen LogP contribution in [-0.2, 0) is 17.9 Å². The highest BCUT2D eigenvalue weighted by Gasteiger charge is 2.22. The molecule has 0 amide bonds. The van der Waals surface area contributed by atoms with E-state index >= 15 is 0 Å². The zero-order valence-corrected chi connectivity index (χ0v) is 17.6. The lowest BCUT2D eigenvalue weighted by Gasteiger charge is -2.24. The topological polar surface area (TPSA) is 87.7 Å². The average molecular weight is 419 g/mol. The van der Waals surface area contributed by atoms with Crippen LogP contribution in [0.5, 0.6) is 0 Å². The summed E-state index contributed by atoms with van der Waals surface area (Å²) in [5.41, 5.74) is 14.0. The van der Waals surface area contributed by atoms with Crippen molar-refractivity contribution in [2.24, 2.45) is 5.73 Å². The predicted octanol–water partition coefficient (Wildman–Crippen LogP) is 3.66. The Morgan fingerprint density at radius 3 is 2.03 bits per heavy atom. The summed E-state index contributed by atoms with van der Waals surface area (Å²) in [6.07, 6.45) is 1.18. The molecular weight excluding hydrogens is 388 g/mol. The molecule has 3 aromatic carbocycles. The van der Waals surface area contributed by atoms with Crippen LogP contribution in [-0.4, -0.2) is 29.0 Å². The largest absolute Gasteiger partial charge is 0.394 e. The van der Waals surface area contributed by atoms with Gasteiger partial charge in [-0.3, -0.25) is 10.3 Å². The van der Waals surface area contributed by atoms with Gasteiger partial charge in [-0.2, -0.15) is 0 Å². The quantitative estimate of drug-likeness (QED) is 0.357. The SMILES string of the molecule is C=C(NOCc1ccc(-c2ccccc2)cc1)c1ccc(CCC(N)(CO)CO)cc1. The second-order valence-electron chi connectivity index (χ2n) is 7.81. The van der Waals surface area contributed by atoms with E-state index in [1.165, 1.54) is 11.1 Å². The van der Waals surface area contributed by atoms with Gasteiger partial charge in [-0.25, -0.2) is 0 Å². The molecule has 5 heteroatoms. The van der Waals surface area contributed by atoms with Gasteiger partial charge in [-0.1, -0.05) is 85.4 Å². The molecule has 0 saturated heterocycles. The standard InChI is InChI=1S/C26H30N2O3/c1-20(23-11-7-21(8-12-23)15-16-26(27,18-29)19-30)28-31-17-22-9-13-25(14-10-22)24-5-3-2-4-6-24/h2-14,28-30H,1,15-19,27H2. The Labute approximate surface area is 183 Å². The third-order valence-electron chi connectivity index (χ3n) is 5.34. The number of nitrogens with two attached hydrogens (primary N) is 1. The fourth-order valence-corrected chi connectivity index (χ4v) is 3.16. The molecule has 162 valence electrons. The van der Waals surface area contributed by atoms with Gasteiger partial charge in [0, 0.05) is 0 Å².